The van der Waals surface area contributed by atoms with Crippen LogP contribution in [0.1, 0.15) is 37.7 Å². The first-order valence-electron chi connectivity index (χ1n) is 8.30. The molecule has 0 radical (unpaired) electrons. The predicted molar refractivity (Wildman–Crippen MR) is 106 cm³/mol. The second kappa shape index (κ2) is 9.98. The molecule has 1 saturated carbocycles. The third kappa shape index (κ3) is 5.89. The summed E-state index contributed by atoms with van der Waals surface area (Å²) < 4.78 is 0. The second-order valence-electron chi connectivity index (χ2n) is 5.77. The molecule has 0 bridgehead atoms. The zero-order valence-electron chi connectivity index (χ0n) is 14.1. The van der Waals surface area contributed by atoms with Crippen molar-refractivity contribution in [3.05, 3.63) is 47.9 Å². The molecule has 0 aliphatic heterocycles. The minimum Gasteiger partial charge on any atom is -0.506 e. The molecule has 5 heteroatoms. The highest BCUT2D eigenvalue weighted by atomic mass is 32.2. The Bertz CT molecular complexity index is 619. The SMILES string of the molecule is C=C/C=N/N(/N=C/C=C/SC1CCCCC1)c1cc(C)ccc1O. The number of thioether (sulfide) groups is 1. The van der Waals surface area contributed by atoms with E-state index in [4.69, 9.17) is 0 Å². The Morgan fingerprint density at radius 3 is 2.71 bits per heavy atom. The number of rotatable bonds is 7. The van der Waals surface area contributed by atoms with E-state index in [0.717, 1.165) is 10.8 Å². The highest BCUT2D eigenvalue weighted by Crippen LogP contribution is 2.29. The summed E-state index contributed by atoms with van der Waals surface area (Å²) in [7, 11) is 0. The van der Waals surface area contributed by atoms with Crippen LogP contribution < -0.4 is 5.12 Å². The fourth-order valence-corrected chi connectivity index (χ4v) is 3.54. The maximum Gasteiger partial charge on any atom is 0.143 e. The van der Waals surface area contributed by atoms with Crippen LogP contribution in [-0.2, 0) is 0 Å². The van der Waals surface area contributed by atoms with Gasteiger partial charge in [0.1, 0.15) is 11.4 Å². The smallest absolute Gasteiger partial charge is 0.143 e. The van der Waals surface area contributed by atoms with Crippen LogP contribution >= 0.6 is 11.8 Å². The quantitative estimate of drug-likeness (QED) is 0.544. The van der Waals surface area contributed by atoms with Crippen LogP contribution in [0.5, 0.6) is 5.75 Å². The molecular formula is C19H25N3OS. The number of hydrogen-bond acceptors (Lipinski definition) is 5. The summed E-state index contributed by atoms with van der Waals surface area (Å²) in [5.41, 5.74) is 1.57. The summed E-state index contributed by atoms with van der Waals surface area (Å²) in [5.74, 6) is 0.138. The molecule has 0 aromatic heterocycles. The van der Waals surface area contributed by atoms with Gasteiger partial charge in [-0.3, -0.25) is 0 Å². The number of hydrogen-bond donors (Lipinski definition) is 1. The number of hydrazone groups is 2. The fraction of sp³-hybridized carbons (Fsp3) is 0.368. The minimum atomic E-state index is 0.138. The fourth-order valence-electron chi connectivity index (χ4n) is 2.55. The van der Waals surface area contributed by atoms with Gasteiger partial charge in [0.05, 0.1) is 6.21 Å². The predicted octanol–water partition coefficient (Wildman–Crippen LogP) is 5.24. The lowest BCUT2D eigenvalue weighted by Gasteiger charge is -2.18. The third-order valence-electron chi connectivity index (χ3n) is 3.79. The van der Waals surface area contributed by atoms with E-state index in [1.165, 1.54) is 37.2 Å². The Morgan fingerprint density at radius 2 is 1.96 bits per heavy atom. The van der Waals surface area contributed by atoms with Crippen LogP contribution in [0.25, 0.3) is 0 Å². The van der Waals surface area contributed by atoms with Crippen LogP contribution in [0.2, 0.25) is 0 Å². The van der Waals surface area contributed by atoms with Gasteiger partial charge in [-0.1, -0.05) is 31.9 Å². The zero-order chi connectivity index (χ0) is 17.2. The molecule has 0 heterocycles. The summed E-state index contributed by atoms with van der Waals surface area (Å²) in [4.78, 5) is 0. The maximum absolute atomic E-state index is 10.0. The molecule has 1 aromatic rings. The number of aryl methyl sites for hydroxylation is 1. The Morgan fingerprint density at radius 1 is 1.21 bits per heavy atom. The molecule has 1 fully saturated rings. The van der Waals surface area contributed by atoms with Gasteiger partial charge in [0.25, 0.3) is 0 Å². The highest BCUT2D eigenvalue weighted by Gasteiger charge is 2.12. The molecule has 1 aliphatic rings. The van der Waals surface area contributed by atoms with Crippen molar-refractivity contribution >= 4 is 29.9 Å². The molecule has 24 heavy (non-hydrogen) atoms. The van der Waals surface area contributed by atoms with Gasteiger partial charge in [0.15, 0.2) is 0 Å². The Hall–Kier alpha value is -2.01. The third-order valence-corrected chi connectivity index (χ3v) is 4.96. The van der Waals surface area contributed by atoms with Gasteiger partial charge in [0.2, 0.25) is 0 Å². The molecule has 1 aliphatic carbocycles. The number of benzene rings is 1. The summed E-state index contributed by atoms with van der Waals surface area (Å²) in [6.07, 6.45) is 13.4. The van der Waals surface area contributed by atoms with Crippen molar-refractivity contribution in [3.63, 3.8) is 0 Å². The van der Waals surface area contributed by atoms with Gasteiger partial charge in [-0.25, -0.2) is 0 Å². The standard InChI is InChI=1S/C19H25N3OS/c1-3-12-20-22(18-15-16(2)10-11-19(18)23)21-13-7-14-24-17-8-5-4-6-9-17/h3,7,10-15,17,23H,1,4-6,8-9H2,2H3/b14-7+,20-12+,21-13+. The average Bonchev–Trinajstić information content (AvgIpc) is 2.60. The number of phenolic OH excluding ortho intramolecular Hbond substituents is 1. The molecule has 128 valence electrons. The summed E-state index contributed by atoms with van der Waals surface area (Å²) >= 11 is 1.87. The van der Waals surface area contributed by atoms with E-state index < -0.39 is 0 Å². The van der Waals surface area contributed by atoms with E-state index in [9.17, 15) is 5.11 Å². The molecule has 0 atom stereocenters. The second-order valence-corrected chi connectivity index (χ2v) is 6.98. The number of anilines is 1. The van der Waals surface area contributed by atoms with E-state index in [2.05, 4.69) is 22.2 Å². The van der Waals surface area contributed by atoms with Crippen LogP contribution in [0, 0.1) is 6.92 Å². The first kappa shape index (κ1) is 18.3. The topological polar surface area (TPSA) is 48.2 Å². The zero-order valence-corrected chi connectivity index (χ0v) is 15.0. The summed E-state index contributed by atoms with van der Waals surface area (Å²) in [6.45, 7) is 5.58. The summed E-state index contributed by atoms with van der Waals surface area (Å²) in [6, 6.07) is 5.33. The first-order valence-corrected chi connectivity index (χ1v) is 9.24. The van der Waals surface area contributed by atoms with Crippen molar-refractivity contribution in [3.8, 4) is 5.75 Å². The van der Waals surface area contributed by atoms with E-state index in [0.29, 0.717) is 5.69 Å². The van der Waals surface area contributed by atoms with Crippen molar-refractivity contribution in [2.75, 3.05) is 5.12 Å². The molecule has 1 N–H and O–H groups in total. The lowest BCUT2D eigenvalue weighted by atomic mass is 10.0. The normalized spacial score (nSPS) is 16.4. The molecule has 4 nitrogen and oxygen atoms in total. The number of allylic oxidation sites excluding steroid dienone is 2. The molecule has 2 rings (SSSR count). The van der Waals surface area contributed by atoms with Gasteiger partial charge in [-0.2, -0.15) is 10.2 Å². The minimum absolute atomic E-state index is 0.138. The average molecular weight is 343 g/mol. The largest absolute Gasteiger partial charge is 0.506 e. The van der Waals surface area contributed by atoms with Crippen molar-refractivity contribution in [2.45, 2.75) is 44.3 Å². The van der Waals surface area contributed by atoms with Crippen LogP contribution in [0.3, 0.4) is 0 Å². The maximum atomic E-state index is 10.0. The van der Waals surface area contributed by atoms with Gasteiger partial charge in [-0.15, -0.1) is 16.9 Å². The Balaban J connectivity index is 2.01. The molecule has 0 spiro atoms. The van der Waals surface area contributed by atoms with E-state index >= 15 is 0 Å². The monoisotopic (exact) mass is 343 g/mol. The Labute approximate surface area is 148 Å². The lowest BCUT2D eigenvalue weighted by molar-refractivity contribution is 0.474. The van der Waals surface area contributed by atoms with Crippen molar-refractivity contribution in [1.82, 2.24) is 0 Å². The number of aromatic hydroxyl groups is 1. The Kier molecular flexibility index (Phi) is 7.62. The first-order chi connectivity index (χ1) is 11.7. The molecular weight excluding hydrogens is 318 g/mol. The van der Waals surface area contributed by atoms with Crippen molar-refractivity contribution in [1.29, 1.82) is 0 Å². The van der Waals surface area contributed by atoms with Crippen LogP contribution in [0.15, 0.2) is 52.5 Å². The van der Waals surface area contributed by atoms with Gasteiger partial charge in [0, 0.05) is 11.5 Å². The van der Waals surface area contributed by atoms with E-state index in [-0.39, 0.29) is 5.75 Å². The van der Waals surface area contributed by atoms with E-state index in [1.807, 2.05) is 36.9 Å². The van der Waals surface area contributed by atoms with Gasteiger partial charge in [-0.05, 0) is 55.0 Å². The van der Waals surface area contributed by atoms with E-state index in [1.54, 1.807) is 24.6 Å². The number of phenols is 1. The molecule has 0 saturated heterocycles. The highest BCUT2D eigenvalue weighted by molar-refractivity contribution is 8.02. The van der Waals surface area contributed by atoms with Crippen molar-refractivity contribution < 1.29 is 5.11 Å². The van der Waals surface area contributed by atoms with Crippen LogP contribution in [0.4, 0.5) is 5.69 Å². The van der Waals surface area contributed by atoms with Gasteiger partial charge >= 0.3 is 0 Å². The van der Waals surface area contributed by atoms with Crippen LogP contribution in [-0.4, -0.2) is 22.8 Å². The number of nitrogens with zero attached hydrogens (tertiary/aromatic N) is 3. The summed E-state index contributed by atoms with van der Waals surface area (Å²) in [5, 5.41) is 22.8. The lowest BCUT2D eigenvalue weighted by Crippen LogP contribution is -2.08. The van der Waals surface area contributed by atoms with Crippen molar-refractivity contribution in [2.24, 2.45) is 10.2 Å². The molecule has 0 unspecified atom stereocenters. The molecule has 0 amide bonds. The molecule has 1 aromatic carbocycles. The van der Waals surface area contributed by atoms with Gasteiger partial charge < -0.3 is 5.11 Å².